The van der Waals surface area contributed by atoms with Crippen LogP contribution in [0.25, 0.3) is 0 Å². The van der Waals surface area contributed by atoms with Gasteiger partial charge in [0.15, 0.2) is 0 Å². The molecular formula is C15H22BrNO. The average Bonchev–Trinajstić information content (AvgIpc) is 3.09. The second-order valence-corrected chi connectivity index (χ2v) is 6.43. The summed E-state index contributed by atoms with van der Waals surface area (Å²) in [6.45, 7) is 7.41. The van der Waals surface area contributed by atoms with Crippen LogP contribution in [0, 0.1) is 5.92 Å². The summed E-state index contributed by atoms with van der Waals surface area (Å²) < 4.78 is 1.08. The SMILES string of the molecule is CC(O)c1ccc(N(CC2CC2)C(C)C)c(Br)c1. The zero-order chi connectivity index (χ0) is 13.3. The van der Waals surface area contributed by atoms with Crippen LogP contribution >= 0.6 is 15.9 Å². The van der Waals surface area contributed by atoms with E-state index in [-0.39, 0.29) is 0 Å². The molecule has 1 unspecified atom stereocenters. The van der Waals surface area contributed by atoms with Crippen molar-refractivity contribution < 1.29 is 5.11 Å². The van der Waals surface area contributed by atoms with E-state index in [0.29, 0.717) is 6.04 Å². The van der Waals surface area contributed by atoms with E-state index in [0.717, 1.165) is 22.5 Å². The summed E-state index contributed by atoms with van der Waals surface area (Å²) in [5.41, 5.74) is 2.20. The predicted molar refractivity (Wildman–Crippen MR) is 80.0 cm³/mol. The molecule has 2 rings (SSSR count). The van der Waals surface area contributed by atoms with E-state index in [2.05, 4.69) is 40.7 Å². The molecule has 1 aliphatic carbocycles. The van der Waals surface area contributed by atoms with Crippen molar-refractivity contribution in [3.8, 4) is 0 Å². The van der Waals surface area contributed by atoms with Crippen molar-refractivity contribution in [3.63, 3.8) is 0 Å². The molecule has 0 aliphatic heterocycles. The molecule has 0 radical (unpaired) electrons. The van der Waals surface area contributed by atoms with Crippen LogP contribution < -0.4 is 4.90 Å². The topological polar surface area (TPSA) is 23.5 Å². The molecule has 0 bridgehead atoms. The van der Waals surface area contributed by atoms with Crippen molar-refractivity contribution in [2.75, 3.05) is 11.4 Å². The molecule has 1 N–H and O–H groups in total. The number of halogens is 1. The fourth-order valence-electron chi connectivity index (χ4n) is 2.18. The van der Waals surface area contributed by atoms with Gasteiger partial charge >= 0.3 is 0 Å². The van der Waals surface area contributed by atoms with Crippen molar-refractivity contribution >= 4 is 21.6 Å². The first-order valence-corrected chi connectivity index (χ1v) is 7.52. The van der Waals surface area contributed by atoms with Gasteiger partial charge in [0.2, 0.25) is 0 Å². The first kappa shape index (κ1) is 13.9. The Labute approximate surface area is 118 Å². The van der Waals surface area contributed by atoms with E-state index < -0.39 is 6.10 Å². The van der Waals surface area contributed by atoms with Crippen LogP contribution in [0.3, 0.4) is 0 Å². The summed E-state index contributed by atoms with van der Waals surface area (Å²) in [6.07, 6.45) is 2.32. The Morgan fingerprint density at radius 1 is 1.33 bits per heavy atom. The Bertz CT molecular complexity index is 413. The fourth-order valence-corrected chi connectivity index (χ4v) is 2.81. The minimum atomic E-state index is -0.411. The molecule has 1 atom stereocenters. The van der Waals surface area contributed by atoms with E-state index in [1.54, 1.807) is 6.92 Å². The Balaban J connectivity index is 2.23. The Morgan fingerprint density at radius 2 is 2.00 bits per heavy atom. The van der Waals surface area contributed by atoms with Crippen LogP contribution in [-0.2, 0) is 0 Å². The standard InChI is InChI=1S/C15H22BrNO/c1-10(2)17(9-12-4-5-12)15-7-6-13(11(3)18)8-14(15)16/h6-8,10-12,18H,4-5,9H2,1-3H3. The Morgan fingerprint density at radius 3 is 2.44 bits per heavy atom. The van der Waals surface area contributed by atoms with Crippen molar-refractivity contribution in [2.45, 2.75) is 45.8 Å². The van der Waals surface area contributed by atoms with Crippen LogP contribution in [0.4, 0.5) is 5.69 Å². The number of anilines is 1. The first-order chi connectivity index (χ1) is 8.49. The number of aliphatic hydroxyl groups is 1. The number of rotatable bonds is 5. The zero-order valence-electron chi connectivity index (χ0n) is 11.4. The number of benzene rings is 1. The molecule has 1 aromatic rings. The third kappa shape index (κ3) is 3.27. The van der Waals surface area contributed by atoms with Gasteiger partial charge in [-0.05, 0) is 73.2 Å². The number of hydrogen-bond donors (Lipinski definition) is 1. The molecule has 18 heavy (non-hydrogen) atoms. The maximum atomic E-state index is 9.61. The maximum absolute atomic E-state index is 9.61. The lowest BCUT2D eigenvalue weighted by atomic mass is 10.1. The summed E-state index contributed by atoms with van der Waals surface area (Å²) >= 11 is 3.64. The molecule has 0 aromatic heterocycles. The second-order valence-electron chi connectivity index (χ2n) is 5.58. The monoisotopic (exact) mass is 311 g/mol. The average molecular weight is 312 g/mol. The van der Waals surface area contributed by atoms with Crippen LogP contribution in [0.5, 0.6) is 0 Å². The minimum Gasteiger partial charge on any atom is -0.389 e. The number of aliphatic hydroxyl groups excluding tert-OH is 1. The molecule has 1 aromatic carbocycles. The summed E-state index contributed by atoms with van der Waals surface area (Å²) in [7, 11) is 0. The molecule has 0 saturated heterocycles. The molecule has 0 spiro atoms. The number of nitrogens with zero attached hydrogens (tertiary/aromatic N) is 1. The van der Waals surface area contributed by atoms with E-state index in [4.69, 9.17) is 0 Å². The molecule has 1 saturated carbocycles. The molecule has 2 nitrogen and oxygen atoms in total. The highest BCUT2D eigenvalue weighted by Crippen LogP contribution is 2.36. The van der Waals surface area contributed by atoms with Gasteiger partial charge in [0, 0.05) is 17.1 Å². The van der Waals surface area contributed by atoms with E-state index in [1.807, 2.05) is 12.1 Å². The summed E-state index contributed by atoms with van der Waals surface area (Å²) in [6, 6.07) is 6.67. The van der Waals surface area contributed by atoms with Crippen molar-refractivity contribution in [1.82, 2.24) is 0 Å². The van der Waals surface area contributed by atoms with Gasteiger partial charge in [0.1, 0.15) is 0 Å². The van der Waals surface area contributed by atoms with Gasteiger partial charge in [-0.25, -0.2) is 0 Å². The first-order valence-electron chi connectivity index (χ1n) is 6.73. The summed E-state index contributed by atoms with van der Waals surface area (Å²) in [5.74, 6) is 0.871. The van der Waals surface area contributed by atoms with Crippen molar-refractivity contribution in [2.24, 2.45) is 5.92 Å². The van der Waals surface area contributed by atoms with E-state index in [1.165, 1.54) is 18.5 Å². The molecule has 3 heteroatoms. The highest BCUT2D eigenvalue weighted by molar-refractivity contribution is 9.10. The second kappa shape index (κ2) is 5.62. The maximum Gasteiger partial charge on any atom is 0.0762 e. The molecule has 0 amide bonds. The highest BCUT2D eigenvalue weighted by atomic mass is 79.9. The van der Waals surface area contributed by atoms with Gasteiger partial charge < -0.3 is 10.0 Å². The normalized spacial score (nSPS) is 17.0. The van der Waals surface area contributed by atoms with Crippen LogP contribution in [0.2, 0.25) is 0 Å². The van der Waals surface area contributed by atoms with Crippen molar-refractivity contribution in [3.05, 3.63) is 28.2 Å². The summed E-state index contributed by atoms with van der Waals surface area (Å²) in [5, 5.41) is 9.61. The third-order valence-electron chi connectivity index (χ3n) is 3.54. The molecule has 100 valence electrons. The van der Waals surface area contributed by atoms with Gasteiger partial charge in [-0.3, -0.25) is 0 Å². The van der Waals surface area contributed by atoms with Crippen molar-refractivity contribution in [1.29, 1.82) is 0 Å². The molecular weight excluding hydrogens is 290 g/mol. The number of hydrogen-bond acceptors (Lipinski definition) is 2. The predicted octanol–water partition coefficient (Wildman–Crippen LogP) is 4.13. The zero-order valence-corrected chi connectivity index (χ0v) is 12.9. The van der Waals surface area contributed by atoms with Crippen LogP contribution in [0.15, 0.2) is 22.7 Å². The summed E-state index contributed by atoms with van der Waals surface area (Å²) in [4.78, 5) is 2.45. The molecule has 1 aliphatic rings. The van der Waals surface area contributed by atoms with Gasteiger partial charge in [-0.2, -0.15) is 0 Å². The lowest BCUT2D eigenvalue weighted by Gasteiger charge is -2.30. The smallest absolute Gasteiger partial charge is 0.0762 e. The Hall–Kier alpha value is -0.540. The minimum absolute atomic E-state index is 0.411. The van der Waals surface area contributed by atoms with Gasteiger partial charge in [-0.15, -0.1) is 0 Å². The molecule has 1 fully saturated rings. The van der Waals surface area contributed by atoms with Gasteiger partial charge in [0.25, 0.3) is 0 Å². The van der Waals surface area contributed by atoms with Crippen LogP contribution in [0.1, 0.15) is 45.3 Å². The van der Waals surface area contributed by atoms with Gasteiger partial charge in [0.05, 0.1) is 11.8 Å². The lowest BCUT2D eigenvalue weighted by Crippen LogP contribution is -2.33. The highest BCUT2D eigenvalue weighted by Gasteiger charge is 2.26. The molecule has 0 heterocycles. The third-order valence-corrected chi connectivity index (χ3v) is 4.17. The fraction of sp³-hybridized carbons (Fsp3) is 0.600. The largest absolute Gasteiger partial charge is 0.389 e. The van der Waals surface area contributed by atoms with E-state index in [9.17, 15) is 5.11 Å². The lowest BCUT2D eigenvalue weighted by molar-refractivity contribution is 0.199. The van der Waals surface area contributed by atoms with E-state index >= 15 is 0 Å². The van der Waals surface area contributed by atoms with Gasteiger partial charge in [-0.1, -0.05) is 6.07 Å². The van der Waals surface area contributed by atoms with Crippen LogP contribution in [-0.4, -0.2) is 17.7 Å². The quantitative estimate of drug-likeness (QED) is 0.884. The Kier molecular flexibility index (Phi) is 4.33.